The highest BCUT2D eigenvalue weighted by atomic mass is 32.2. The van der Waals surface area contributed by atoms with Crippen molar-refractivity contribution in [2.24, 2.45) is 0 Å². The minimum Gasteiger partial charge on any atom is -0.491 e. The zero-order chi connectivity index (χ0) is 19.6. The van der Waals surface area contributed by atoms with Crippen LogP contribution in [-0.4, -0.2) is 32.7 Å². The summed E-state index contributed by atoms with van der Waals surface area (Å²) >= 11 is 0. The molecule has 144 valence electrons. The summed E-state index contributed by atoms with van der Waals surface area (Å²) in [5, 5.41) is 2.88. The van der Waals surface area contributed by atoms with E-state index in [2.05, 4.69) is 5.32 Å². The van der Waals surface area contributed by atoms with Crippen molar-refractivity contribution < 1.29 is 17.9 Å². The smallest absolute Gasteiger partial charge is 0.255 e. The monoisotopic (exact) mass is 388 g/mol. The van der Waals surface area contributed by atoms with Crippen LogP contribution in [0.4, 0.5) is 11.4 Å². The maximum Gasteiger partial charge on any atom is 0.255 e. The van der Waals surface area contributed by atoms with Crippen molar-refractivity contribution in [1.82, 2.24) is 0 Å². The van der Waals surface area contributed by atoms with Gasteiger partial charge in [0.1, 0.15) is 5.75 Å². The molecule has 1 fully saturated rings. The molecule has 0 unspecified atom stereocenters. The lowest BCUT2D eigenvalue weighted by atomic mass is 10.1. The van der Waals surface area contributed by atoms with Gasteiger partial charge in [0, 0.05) is 17.8 Å². The second kappa shape index (κ2) is 7.60. The molecule has 0 atom stereocenters. The van der Waals surface area contributed by atoms with Crippen LogP contribution in [0, 0.1) is 6.92 Å². The summed E-state index contributed by atoms with van der Waals surface area (Å²) < 4.78 is 31.3. The summed E-state index contributed by atoms with van der Waals surface area (Å²) in [6, 6.07) is 12.2. The highest BCUT2D eigenvalue weighted by molar-refractivity contribution is 7.93. The molecule has 1 amide bonds. The van der Waals surface area contributed by atoms with Crippen molar-refractivity contribution in [2.75, 3.05) is 21.9 Å². The molecule has 0 bridgehead atoms. The van der Waals surface area contributed by atoms with E-state index < -0.39 is 10.0 Å². The fourth-order valence-electron chi connectivity index (χ4n) is 2.98. The number of benzene rings is 2. The van der Waals surface area contributed by atoms with Gasteiger partial charge in [-0.3, -0.25) is 9.10 Å². The molecule has 1 heterocycles. The molecule has 1 aliphatic rings. The van der Waals surface area contributed by atoms with Gasteiger partial charge < -0.3 is 10.1 Å². The Morgan fingerprint density at radius 1 is 1.15 bits per heavy atom. The molecule has 1 saturated heterocycles. The number of ether oxygens (including phenoxy) is 1. The molecule has 27 heavy (non-hydrogen) atoms. The van der Waals surface area contributed by atoms with Crippen LogP contribution in [0.2, 0.25) is 0 Å². The summed E-state index contributed by atoms with van der Waals surface area (Å²) in [6.45, 7) is 6.22. The molecule has 7 heteroatoms. The van der Waals surface area contributed by atoms with E-state index in [9.17, 15) is 13.2 Å². The molecule has 0 radical (unpaired) electrons. The minimum atomic E-state index is -3.26. The molecule has 6 nitrogen and oxygen atoms in total. The molecule has 0 aliphatic carbocycles. The summed E-state index contributed by atoms with van der Waals surface area (Å²) in [6.07, 6.45) is 0.680. The number of nitrogens with one attached hydrogen (secondary N) is 1. The summed E-state index contributed by atoms with van der Waals surface area (Å²) in [5.74, 6) is 0.613. The molecule has 2 aromatic rings. The van der Waals surface area contributed by atoms with Crippen LogP contribution in [-0.2, 0) is 10.0 Å². The highest BCUT2D eigenvalue weighted by Crippen LogP contribution is 2.29. The van der Waals surface area contributed by atoms with Gasteiger partial charge in [0.05, 0.1) is 17.5 Å². The van der Waals surface area contributed by atoms with E-state index in [1.807, 2.05) is 26.8 Å². The number of sulfonamides is 1. The van der Waals surface area contributed by atoms with E-state index in [-0.39, 0.29) is 17.8 Å². The maximum atomic E-state index is 12.6. The zero-order valence-corrected chi connectivity index (χ0v) is 16.5. The first-order chi connectivity index (χ1) is 12.8. The molecular weight excluding hydrogens is 364 g/mol. The number of amides is 1. The average Bonchev–Trinajstić information content (AvgIpc) is 2.96. The minimum absolute atomic E-state index is 0.0666. The van der Waals surface area contributed by atoms with Gasteiger partial charge >= 0.3 is 0 Å². The Balaban J connectivity index is 1.78. The SMILES string of the molecule is Cc1ccc(N2CCCS2(=O)=O)cc1NC(=O)c1ccc(OC(C)C)cc1. The van der Waals surface area contributed by atoms with Crippen LogP contribution in [0.3, 0.4) is 0 Å². The van der Waals surface area contributed by atoms with Crippen LogP contribution in [0.5, 0.6) is 5.75 Å². The van der Waals surface area contributed by atoms with Gasteiger partial charge in [0.25, 0.3) is 5.91 Å². The van der Waals surface area contributed by atoms with Crippen molar-refractivity contribution in [1.29, 1.82) is 0 Å². The van der Waals surface area contributed by atoms with E-state index in [1.165, 1.54) is 4.31 Å². The molecule has 0 aromatic heterocycles. The summed E-state index contributed by atoms with van der Waals surface area (Å²) in [5.41, 5.74) is 2.55. The summed E-state index contributed by atoms with van der Waals surface area (Å²) in [4.78, 5) is 12.6. The van der Waals surface area contributed by atoms with E-state index in [1.54, 1.807) is 36.4 Å². The predicted octanol–water partition coefficient (Wildman–Crippen LogP) is 3.57. The first-order valence-corrected chi connectivity index (χ1v) is 10.6. The van der Waals surface area contributed by atoms with Gasteiger partial charge in [0.2, 0.25) is 10.0 Å². The number of aryl methyl sites for hydroxylation is 1. The number of hydrogen-bond donors (Lipinski definition) is 1. The molecule has 1 aliphatic heterocycles. The third-order valence-electron chi connectivity index (χ3n) is 4.34. The molecule has 0 spiro atoms. The average molecular weight is 388 g/mol. The van der Waals surface area contributed by atoms with E-state index >= 15 is 0 Å². The lowest BCUT2D eigenvalue weighted by molar-refractivity contribution is 0.102. The van der Waals surface area contributed by atoms with Crippen molar-refractivity contribution >= 4 is 27.3 Å². The van der Waals surface area contributed by atoms with Crippen LogP contribution in [0.15, 0.2) is 42.5 Å². The number of carbonyl (C=O) groups excluding carboxylic acids is 1. The molecule has 1 N–H and O–H groups in total. The topological polar surface area (TPSA) is 75.7 Å². The number of carbonyl (C=O) groups is 1. The lowest BCUT2D eigenvalue weighted by Crippen LogP contribution is -2.25. The fourth-order valence-corrected chi connectivity index (χ4v) is 4.54. The third-order valence-corrected chi connectivity index (χ3v) is 6.21. The normalized spacial score (nSPS) is 15.8. The first kappa shape index (κ1) is 19.2. The van der Waals surface area contributed by atoms with Gasteiger partial charge in [-0.2, -0.15) is 0 Å². The number of anilines is 2. The standard InChI is InChI=1S/C20H24N2O4S/c1-14(2)26-18-9-6-16(7-10-18)20(23)21-19-13-17(8-5-15(19)3)22-11-4-12-27(22,24)25/h5-10,13-14H,4,11-12H2,1-3H3,(H,21,23). The van der Waals surface area contributed by atoms with E-state index in [4.69, 9.17) is 4.74 Å². The molecule has 2 aromatic carbocycles. The van der Waals surface area contributed by atoms with Gasteiger partial charge in [-0.1, -0.05) is 6.07 Å². The first-order valence-electron chi connectivity index (χ1n) is 8.95. The summed E-state index contributed by atoms with van der Waals surface area (Å²) in [7, 11) is -3.26. The van der Waals surface area contributed by atoms with Crippen LogP contribution < -0.4 is 14.4 Å². The van der Waals surface area contributed by atoms with Crippen LogP contribution in [0.25, 0.3) is 0 Å². The quantitative estimate of drug-likeness (QED) is 0.850. The van der Waals surface area contributed by atoms with Crippen molar-refractivity contribution in [2.45, 2.75) is 33.3 Å². The Kier molecular flexibility index (Phi) is 5.41. The molecule has 3 rings (SSSR count). The number of rotatable bonds is 5. The Morgan fingerprint density at radius 3 is 2.44 bits per heavy atom. The molecule has 0 saturated carbocycles. The predicted molar refractivity (Wildman–Crippen MR) is 107 cm³/mol. The largest absolute Gasteiger partial charge is 0.491 e. The Bertz CT molecular complexity index is 937. The lowest BCUT2D eigenvalue weighted by Gasteiger charge is -2.19. The van der Waals surface area contributed by atoms with Crippen molar-refractivity contribution in [3.05, 3.63) is 53.6 Å². The second-order valence-electron chi connectivity index (χ2n) is 6.89. The Labute approximate surface area is 160 Å². The van der Waals surface area contributed by atoms with Gasteiger partial charge in [-0.05, 0) is 69.2 Å². The Morgan fingerprint density at radius 2 is 1.85 bits per heavy atom. The van der Waals surface area contributed by atoms with Gasteiger partial charge in [-0.15, -0.1) is 0 Å². The van der Waals surface area contributed by atoms with Crippen LogP contribution >= 0.6 is 0 Å². The fraction of sp³-hybridized carbons (Fsp3) is 0.350. The van der Waals surface area contributed by atoms with Crippen molar-refractivity contribution in [3.63, 3.8) is 0 Å². The maximum absolute atomic E-state index is 12.6. The van der Waals surface area contributed by atoms with Gasteiger partial charge in [0.15, 0.2) is 0 Å². The van der Waals surface area contributed by atoms with E-state index in [0.717, 1.165) is 5.56 Å². The Hall–Kier alpha value is -2.54. The zero-order valence-electron chi connectivity index (χ0n) is 15.7. The highest BCUT2D eigenvalue weighted by Gasteiger charge is 2.28. The van der Waals surface area contributed by atoms with E-state index in [0.29, 0.717) is 35.7 Å². The van der Waals surface area contributed by atoms with Crippen LogP contribution in [0.1, 0.15) is 36.2 Å². The second-order valence-corrected chi connectivity index (χ2v) is 8.90. The van der Waals surface area contributed by atoms with Crippen molar-refractivity contribution in [3.8, 4) is 5.75 Å². The van der Waals surface area contributed by atoms with Gasteiger partial charge in [-0.25, -0.2) is 8.42 Å². The number of nitrogens with zero attached hydrogens (tertiary/aromatic N) is 1. The molecular formula is C20H24N2O4S. The third kappa shape index (κ3) is 4.42. The number of hydrogen-bond acceptors (Lipinski definition) is 4.